The third-order valence-corrected chi connectivity index (χ3v) is 4.35. The molecule has 1 aromatic heterocycles. The van der Waals surface area contributed by atoms with Crippen LogP contribution in [0, 0.1) is 5.41 Å². The standard InChI is InChI=1S/C22H27NO5/c1-14(2)27-13-22(5,21(25)26)11-10-17-6-7-18-8-9-19(23-20(18)12-17)15(3)28-16(4)24/h6-12,14-15H,13H2,1-5H3,(H,25,26)/b11-10+/t15-,22?/m1/s1. The molecule has 0 aliphatic rings. The number of ether oxygens (including phenoxy) is 2. The normalized spacial score (nSPS) is 14.9. The van der Waals surface area contributed by atoms with Crippen molar-refractivity contribution in [3.05, 3.63) is 47.7 Å². The summed E-state index contributed by atoms with van der Waals surface area (Å²) >= 11 is 0. The SMILES string of the molecule is CC(=O)O[C@H](C)c1ccc2ccc(/C=C/C(C)(COC(C)C)C(=O)O)cc2n1. The van der Waals surface area contributed by atoms with Crippen LogP contribution in [-0.2, 0) is 19.1 Å². The van der Waals surface area contributed by atoms with Crippen molar-refractivity contribution in [3.8, 4) is 0 Å². The van der Waals surface area contributed by atoms with Crippen molar-refractivity contribution in [2.75, 3.05) is 6.61 Å². The zero-order chi connectivity index (χ0) is 20.9. The zero-order valence-corrected chi connectivity index (χ0v) is 16.9. The average molecular weight is 385 g/mol. The minimum atomic E-state index is -1.13. The lowest BCUT2D eigenvalue weighted by Gasteiger charge is -2.22. The van der Waals surface area contributed by atoms with E-state index in [-0.39, 0.29) is 18.7 Å². The van der Waals surface area contributed by atoms with Gasteiger partial charge in [0.2, 0.25) is 0 Å². The minimum absolute atomic E-state index is 0.0467. The van der Waals surface area contributed by atoms with E-state index in [4.69, 9.17) is 9.47 Å². The summed E-state index contributed by atoms with van der Waals surface area (Å²) in [6, 6.07) is 9.45. The molecule has 0 saturated heterocycles. The van der Waals surface area contributed by atoms with Gasteiger partial charge in [0, 0.05) is 12.3 Å². The van der Waals surface area contributed by atoms with Crippen molar-refractivity contribution in [1.29, 1.82) is 0 Å². The maximum absolute atomic E-state index is 11.7. The predicted molar refractivity (Wildman–Crippen MR) is 108 cm³/mol. The molecule has 1 aromatic carbocycles. The monoisotopic (exact) mass is 385 g/mol. The topological polar surface area (TPSA) is 85.7 Å². The number of fused-ring (bicyclic) bond motifs is 1. The van der Waals surface area contributed by atoms with Gasteiger partial charge in [0.05, 0.1) is 23.9 Å². The molecule has 0 bridgehead atoms. The van der Waals surface area contributed by atoms with Crippen molar-refractivity contribution in [3.63, 3.8) is 0 Å². The molecule has 1 heterocycles. The van der Waals surface area contributed by atoms with Crippen LogP contribution in [0.5, 0.6) is 0 Å². The number of carboxylic acids is 1. The summed E-state index contributed by atoms with van der Waals surface area (Å²) in [4.78, 5) is 27.4. The molecule has 6 nitrogen and oxygen atoms in total. The quantitative estimate of drug-likeness (QED) is 0.679. The molecule has 1 unspecified atom stereocenters. The molecule has 0 amide bonds. The van der Waals surface area contributed by atoms with E-state index in [1.54, 1.807) is 26.0 Å². The summed E-state index contributed by atoms with van der Waals surface area (Å²) in [7, 11) is 0. The number of rotatable bonds is 8. The van der Waals surface area contributed by atoms with Crippen LogP contribution in [0.2, 0.25) is 0 Å². The fraction of sp³-hybridized carbons (Fsp3) is 0.409. The Balaban J connectivity index is 2.29. The van der Waals surface area contributed by atoms with Crippen LogP contribution in [-0.4, -0.2) is 34.7 Å². The Morgan fingerprint density at radius 1 is 1.21 bits per heavy atom. The van der Waals surface area contributed by atoms with Gasteiger partial charge < -0.3 is 14.6 Å². The fourth-order valence-corrected chi connectivity index (χ4v) is 2.59. The number of aromatic nitrogens is 1. The van der Waals surface area contributed by atoms with E-state index >= 15 is 0 Å². The first-order valence-corrected chi connectivity index (χ1v) is 9.23. The maximum Gasteiger partial charge on any atom is 0.315 e. The van der Waals surface area contributed by atoms with Gasteiger partial charge in [-0.05, 0) is 45.4 Å². The van der Waals surface area contributed by atoms with E-state index in [2.05, 4.69) is 4.98 Å². The van der Waals surface area contributed by atoms with Gasteiger partial charge in [-0.3, -0.25) is 9.59 Å². The van der Waals surface area contributed by atoms with Crippen LogP contribution in [0.1, 0.15) is 52.0 Å². The molecule has 2 aromatic rings. The number of esters is 1. The van der Waals surface area contributed by atoms with Crippen LogP contribution in [0.3, 0.4) is 0 Å². The number of carbonyl (C=O) groups excluding carboxylic acids is 1. The van der Waals surface area contributed by atoms with Crippen molar-refractivity contribution >= 4 is 28.9 Å². The second kappa shape index (κ2) is 8.97. The van der Waals surface area contributed by atoms with Gasteiger partial charge in [0.25, 0.3) is 0 Å². The van der Waals surface area contributed by atoms with Gasteiger partial charge in [-0.1, -0.05) is 30.4 Å². The molecular weight excluding hydrogens is 358 g/mol. The van der Waals surface area contributed by atoms with Gasteiger partial charge in [0.1, 0.15) is 11.5 Å². The lowest BCUT2D eigenvalue weighted by atomic mass is 9.90. The molecule has 0 radical (unpaired) electrons. The van der Waals surface area contributed by atoms with Gasteiger partial charge in [0.15, 0.2) is 0 Å². The first kappa shape index (κ1) is 21.6. The molecule has 0 aliphatic heterocycles. The van der Waals surface area contributed by atoms with Crippen molar-refractivity contribution < 1.29 is 24.2 Å². The molecular formula is C22H27NO5. The number of carboxylic acid groups (broad SMARTS) is 1. The van der Waals surface area contributed by atoms with E-state index in [1.165, 1.54) is 6.92 Å². The lowest BCUT2D eigenvalue weighted by molar-refractivity contribution is -0.149. The van der Waals surface area contributed by atoms with Gasteiger partial charge in [-0.15, -0.1) is 0 Å². The summed E-state index contributed by atoms with van der Waals surface area (Å²) in [5.74, 6) is -1.30. The second-order valence-electron chi connectivity index (χ2n) is 7.36. The highest BCUT2D eigenvalue weighted by Crippen LogP contribution is 2.24. The Morgan fingerprint density at radius 3 is 2.50 bits per heavy atom. The van der Waals surface area contributed by atoms with Crippen LogP contribution < -0.4 is 0 Å². The molecule has 1 N–H and O–H groups in total. The van der Waals surface area contributed by atoms with Crippen molar-refractivity contribution in [2.24, 2.45) is 5.41 Å². The number of hydrogen-bond donors (Lipinski definition) is 1. The highest BCUT2D eigenvalue weighted by molar-refractivity contribution is 5.82. The first-order chi connectivity index (χ1) is 13.1. The Bertz CT molecular complexity index is 890. The average Bonchev–Trinajstić information content (AvgIpc) is 2.63. The predicted octanol–water partition coefficient (Wildman–Crippen LogP) is 4.39. The molecule has 0 aliphatic carbocycles. The molecule has 0 saturated carbocycles. The lowest BCUT2D eigenvalue weighted by Crippen LogP contribution is -2.31. The molecule has 2 atom stereocenters. The van der Waals surface area contributed by atoms with E-state index in [1.807, 2.05) is 44.2 Å². The maximum atomic E-state index is 11.7. The Labute approximate surface area is 165 Å². The first-order valence-electron chi connectivity index (χ1n) is 9.23. The number of aliphatic carboxylic acids is 1. The smallest absolute Gasteiger partial charge is 0.315 e. The van der Waals surface area contributed by atoms with Crippen LogP contribution >= 0.6 is 0 Å². The summed E-state index contributed by atoms with van der Waals surface area (Å²) in [6.07, 6.45) is 2.92. The number of benzene rings is 1. The number of hydrogen-bond acceptors (Lipinski definition) is 5. The van der Waals surface area contributed by atoms with E-state index in [0.29, 0.717) is 5.69 Å². The van der Waals surface area contributed by atoms with Crippen LogP contribution in [0.25, 0.3) is 17.0 Å². The summed E-state index contributed by atoms with van der Waals surface area (Å²) < 4.78 is 10.7. The third kappa shape index (κ3) is 5.63. The van der Waals surface area contributed by atoms with Crippen molar-refractivity contribution in [1.82, 2.24) is 4.98 Å². The highest BCUT2D eigenvalue weighted by atomic mass is 16.5. The van der Waals surface area contributed by atoms with Gasteiger partial charge in [-0.2, -0.15) is 0 Å². The van der Waals surface area contributed by atoms with E-state index in [9.17, 15) is 14.7 Å². The molecule has 0 spiro atoms. The second-order valence-corrected chi connectivity index (χ2v) is 7.36. The Morgan fingerprint density at radius 2 is 1.89 bits per heavy atom. The minimum Gasteiger partial charge on any atom is -0.481 e. The van der Waals surface area contributed by atoms with E-state index in [0.717, 1.165) is 16.5 Å². The molecule has 2 rings (SSSR count). The zero-order valence-electron chi connectivity index (χ0n) is 16.9. The summed E-state index contributed by atoms with van der Waals surface area (Å²) in [5, 5.41) is 10.5. The number of nitrogens with zero attached hydrogens (tertiary/aromatic N) is 1. The number of pyridine rings is 1. The van der Waals surface area contributed by atoms with Crippen molar-refractivity contribution in [2.45, 2.75) is 46.8 Å². The van der Waals surface area contributed by atoms with Crippen LogP contribution in [0.4, 0.5) is 0 Å². The van der Waals surface area contributed by atoms with Gasteiger partial charge in [-0.25, -0.2) is 4.98 Å². The summed E-state index contributed by atoms with van der Waals surface area (Å²) in [6.45, 7) is 8.60. The van der Waals surface area contributed by atoms with Crippen LogP contribution in [0.15, 0.2) is 36.4 Å². The largest absolute Gasteiger partial charge is 0.481 e. The molecule has 6 heteroatoms. The molecule has 0 fully saturated rings. The summed E-state index contributed by atoms with van der Waals surface area (Å²) in [5.41, 5.74) is 1.10. The fourth-order valence-electron chi connectivity index (χ4n) is 2.59. The highest BCUT2D eigenvalue weighted by Gasteiger charge is 2.30. The Kier molecular flexibility index (Phi) is 6.91. The Hall–Kier alpha value is -2.73. The molecule has 28 heavy (non-hydrogen) atoms. The third-order valence-electron chi connectivity index (χ3n) is 4.35. The molecule has 150 valence electrons. The van der Waals surface area contributed by atoms with E-state index < -0.39 is 17.5 Å². The number of carbonyl (C=O) groups is 2. The van der Waals surface area contributed by atoms with Gasteiger partial charge >= 0.3 is 11.9 Å².